The van der Waals surface area contributed by atoms with Crippen LogP contribution in [0.1, 0.15) is 31.3 Å². The standard InChI is InChI=1S/C16H20N4O2/c1-16(2,3)20-15(21)13-9-18-14(10-17-13)19-11-5-7-12(22-4)8-6-11/h5-10H,1-4H3,(H,18,19)(H,20,21). The Labute approximate surface area is 129 Å². The highest BCUT2D eigenvalue weighted by molar-refractivity contribution is 5.92. The Kier molecular flexibility index (Phi) is 4.60. The highest BCUT2D eigenvalue weighted by Crippen LogP contribution is 2.18. The molecule has 0 unspecified atom stereocenters. The van der Waals surface area contributed by atoms with Gasteiger partial charge in [-0.05, 0) is 45.0 Å². The van der Waals surface area contributed by atoms with Crippen molar-refractivity contribution in [2.24, 2.45) is 0 Å². The average Bonchev–Trinajstić information content (AvgIpc) is 2.47. The van der Waals surface area contributed by atoms with Crippen molar-refractivity contribution in [3.63, 3.8) is 0 Å². The molecule has 0 atom stereocenters. The van der Waals surface area contributed by atoms with Crippen molar-refractivity contribution < 1.29 is 9.53 Å². The van der Waals surface area contributed by atoms with E-state index in [2.05, 4.69) is 20.6 Å². The third-order valence-electron chi connectivity index (χ3n) is 2.74. The van der Waals surface area contributed by atoms with Crippen LogP contribution < -0.4 is 15.4 Å². The van der Waals surface area contributed by atoms with E-state index in [1.54, 1.807) is 7.11 Å². The summed E-state index contributed by atoms with van der Waals surface area (Å²) in [5.41, 5.74) is 0.843. The van der Waals surface area contributed by atoms with Gasteiger partial charge in [0.15, 0.2) is 0 Å². The number of hydrogen-bond donors (Lipinski definition) is 2. The summed E-state index contributed by atoms with van der Waals surface area (Å²) in [5.74, 6) is 1.11. The molecule has 0 aliphatic heterocycles. The maximum Gasteiger partial charge on any atom is 0.271 e. The number of ether oxygens (including phenoxy) is 1. The minimum Gasteiger partial charge on any atom is -0.497 e. The molecule has 2 aromatic rings. The Bertz CT molecular complexity index is 631. The molecule has 2 N–H and O–H groups in total. The van der Waals surface area contributed by atoms with Crippen molar-refractivity contribution in [1.29, 1.82) is 0 Å². The molecule has 0 aliphatic rings. The van der Waals surface area contributed by atoms with Crippen molar-refractivity contribution in [2.45, 2.75) is 26.3 Å². The number of aromatic nitrogens is 2. The number of rotatable bonds is 4. The zero-order valence-corrected chi connectivity index (χ0v) is 13.2. The van der Waals surface area contributed by atoms with E-state index in [4.69, 9.17) is 4.74 Å². The van der Waals surface area contributed by atoms with E-state index >= 15 is 0 Å². The largest absolute Gasteiger partial charge is 0.497 e. The molecule has 0 saturated heterocycles. The van der Waals surface area contributed by atoms with Gasteiger partial charge in [0.2, 0.25) is 0 Å². The summed E-state index contributed by atoms with van der Waals surface area (Å²) in [6.07, 6.45) is 2.98. The van der Waals surface area contributed by atoms with E-state index < -0.39 is 0 Å². The molecule has 6 nitrogen and oxygen atoms in total. The molecular formula is C16H20N4O2. The predicted octanol–water partition coefficient (Wildman–Crippen LogP) is 2.76. The van der Waals surface area contributed by atoms with Gasteiger partial charge in [-0.1, -0.05) is 0 Å². The van der Waals surface area contributed by atoms with Crippen LogP contribution in [0, 0.1) is 0 Å². The Morgan fingerprint density at radius 1 is 1.09 bits per heavy atom. The lowest BCUT2D eigenvalue weighted by atomic mass is 10.1. The first-order valence-electron chi connectivity index (χ1n) is 6.93. The van der Waals surface area contributed by atoms with Gasteiger partial charge in [-0.2, -0.15) is 0 Å². The molecule has 0 bridgehead atoms. The smallest absolute Gasteiger partial charge is 0.271 e. The molecule has 116 valence electrons. The third-order valence-corrected chi connectivity index (χ3v) is 2.74. The molecule has 0 aliphatic carbocycles. The SMILES string of the molecule is COc1ccc(Nc2cnc(C(=O)NC(C)(C)C)cn2)cc1. The van der Waals surface area contributed by atoms with Crippen LogP contribution in [0.4, 0.5) is 11.5 Å². The number of carbonyl (C=O) groups is 1. The monoisotopic (exact) mass is 300 g/mol. The van der Waals surface area contributed by atoms with E-state index in [0.29, 0.717) is 5.82 Å². The minimum atomic E-state index is -0.307. The lowest BCUT2D eigenvalue weighted by Gasteiger charge is -2.19. The van der Waals surface area contributed by atoms with Crippen LogP contribution in [0.5, 0.6) is 5.75 Å². The number of carbonyl (C=O) groups excluding carboxylic acids is 1. The molecule has 0 fully saturated rings. The summed E-state index contributed by atoms with van der Waals surface area (Å²) in [6, 6.07) is 7.45. The first kappa shape index (κ1) is 15.8. The van der Waals surface area contributed by atoms with Gasteiger partial charge in [0.25, 0.3) is 5.91 Å². The molecule has 0 saturated carbocycles. The molecule has 22 heavy (non-hydrogen) atoms. The van der Waals surface area contributed by atoms with Crippen LogP contribution in [-0.2, 0) is 0 Å². The number of benzene rings is 1. The van der Waals surface area contributed by atoms with Crippen molar-refractivity contribution in [3.8, 4) is 5.75 Å². The molecule has 2 rings (SSSR count). The molecular weight excluding hydrogens is 280 g/mol. The van der Waals surface area contributed by atoms with Gasteiger partial charge in [0.05, 0.1) is 19.5 Å². The van der Waals surface area contributed by atoms with Crippen molar-refractivity contribution >= 4 is 17.4 Å². The second kappa shape index (κ2) is 6.43. The topological polar surface area (TPSA) is 76.1 Å². The third kappa shape index (κ3) is 4.44. The maximum absolute atomic E-state index is 12.0. The average molecular weight is 300 g/mol. The summed E-state index contributed by atoms with van der Waals surface area (Å²) in [7, 11) is 1.62. The first-order chi connectivity index (χ1) is 10.4. The molecule has 0 radical (unpaired) electrons. The van der Waals surface area contributed by atoms with Gasteiger partial charge in [-0.15, -0.1) is 0 Å². The fraction of sp³-hybridized carbons (Fsp3) is 0.312. The Morgan fingerprint density at radius 2 is 1.77 bits per heavy atom. The molecule has 1 amide bonds. The van der Waals surface area contributed by atoms with Crippen molar-refractivity contribution in [2.75, 3.05) is 12.4 Å². The number of nitrogens with zero attached hydrogens (tertiary/aromatic N) is 2. The fourth-order valence-electron chi connectivity index (χ4n) is 1.74. The van der Waals surface area contributed by atoms with E-state index in [0.717, 1.165) is 11.4 Å². The summed E-state index contributed by atoms with van der Waals surface area (Å²) in [6.45, 7) is 5.74. The second-order valence-corrected chi connectivity index (χ2v) is 5.84. The first-order valence-corrected chi connectivity index (χ1v) is 6.93. The zero-order valence-electron chi connectivity index (χ0n) is 13.2. The van der Waals surface area contributed by atoms with Crippen LogP contribution in [0.2, 0.25) is 0 Å². The van der Waals surface area contributed by atoms with Crippen LogP contribution in [-0.4, -0.2) is 28.5 Å². The van der Waals surface area contributed by atoms with Gasteiger partial charge >= 0.3 is 0 Å². The number of nitrogens with one attached hydrogen (secondary N) is 2. The molecule has 1 aromatic heterocycles. The van der Waals surface area contributed by atoms with E-state index in [1.165, 1.54) is 12.4 Å². The van der Waals surface area contributed by atoms with E-state index in [9.17, 15) is 4.79 Å². The fourth-order valence-corrected chi connectivity index (χ4v) is 1.74. The normalized spacial score (nSPS) is 10.9. The molecule has 1 aromatic carbocycles. The number of hydrogen-bond acceptors (Lipinski definition) is 5. The van der Waals surface area contributed by atoms with E-state index in [-0.39, 0.29) is 17.1 Å². The van der Waals surface area contributed by atoms with Crippen LogP contribution in [0.3, 0.4) is 0 Å². The van der Waals surface area contributed by atoms with Crippen LogP contribution in [0.25, 0.3) is 0 Å². The number of anilines is 2. The molecule has 1 heterocycles. The molecule has 0 spiro atoms. The van der Waals surface area contributed by atoms with Crippen LogP contribution in [0.15, 0.2) is 36.7 Å². The second-order valence-electron chi connectivity index (χ2n) is 5.84. The van der Waals surface area contributed by atoms with E-state index in [1.807, 2.05) is 45.0 Å². The van der Waals surface area contributed by atoms with Gasteiger partial charge in [0, 0.05) is 11.2 Å². The summed E-state index contributed by atoms with van der Waals surface area (Å²) >= 11 is 0. The van der Waals surface area contributed by atoms with Gasteiger partial charge < -0.3 is 15.4 Å². The highest BCUT2D eigenvalue weighted by Gasteiger charge is 2.16. The maximum atomic E-state index is 12.0. The van der Waals surface area contributed by atoms with Crippen LogP contribution >= 0.6 is 0 Å². The lowest BCUT2D eigenvalue weighted by molar-refractivity contribution is 0.0914. The number of amides is 1. The molecule has 6 heteroatoms. The van der Waals surface area contributed by atoms with Crippen molar-refractivity contribution in [3.05, 3.63) is 42.4 Å². The number of methoxy groups -OCH3 is 1. The Morgan fingerprint density at radius 3 is 2.27 bits per heavy atom. The quantitative estimate of drug-likeness (QED) is 0.908. The zero-order chi connectivity index (χ0) is 16.2. The lowest BCUT2D eigenvalue weighted by Crippen LogP contribution is -2.40. The minimum absolute atomic E-state index is 0.240. The van der Waals surface area contributed by atoms with Gasteiger partial charge in [-0.3, -0.25) is 4.79 Å². The van der Waals surface area contributed by atoms with Gasteiger partial charge in [0.1, 0.15) is 17.3 Å². The highest BCUT2D eigenvalue weighted by atomic mass is 16.5. The summed E-state index contributed by atoms with van der Waals surface area (Å²) in [5, 5.41) is 5.95. The Balaban J connectivity index is 2.03. The Hall–Kier alpha value is -2.63. The summed E-state index contributed by atoms with van der Waals surface area (Å²) in [4.78, 5) is 20.3. The summed E-state index contributed by atoms with van der Waals surface area (Å²) < 4.78 is 5.10. The predicted molar refractivity (Wildman–Crippen MR) is 85.5 cm³/mol. The van der Waals surface area contributed by atoms with Gasteiger partial charge in [-0.25, -0.2) is 9.97 Å². The van der Waals surface area contributed by atoms with Crippen molar-refractivity contribution in [1.82, 2.24) is 15.3 Å².